The monoisotopic (exact) mass is 252 g/mol. The Balaban J connectivity index is 3.53. The van der Waals surface area contributed by atoms with Gasteiger partial charge in [-0.3, -0.25) is 0 Å². The van der Waals surface area contributed by atoms with Crippen molar-refractivity contribution in [2.24, 2.45) is 5.14 Å². The molecule has 0 aliphatic rings. The minimum atomic E-state index is -4.13. The van der Waals surface area contributed by atoms with Crippen molar-refractivity contribution in [2.75, 3.05) is 7.11 Å². The molecule has 0 aliphatic heterocycles. The summed E-state index contributed by atoms with van der Waals surface area (Å²) in [7, 11) is -2.93. The molecule has 0 unspecified atom stereocenters. The van der Waals surface area contributed by atoms with Crippen LogP contribution >= 0.6 is 0 Å². The normalized spacial score (nSPS) is 11.9. The Labute approximate surface area is 91.3 Å². The summed E-state index contributed by atoms with van der Waals surface area (Å²) >= 11 is 0. The lowest BCUT2D eigenvalue weighted by atomic mass is 10.1. The van der Waals surface area contributed by atoms with E-state index in [9.17, 15) is 17.2 Å². The van der Waals surface area contributed by atoms with Gasteiger partial charge >= 0.3 is 0 Å². The Morgan fingerprint density at radius 3 is 2.44 bits per heavy atom. The van der Waals surface area contributed by atoms with Crippen molar-refractivity contribution in [3.8, 4) is 5.88 Å². The number of aromatic nitrogens is 1. The van der Waals surface area contributed by atoms with E-state index in [0.717, 1.165) is 6.07 Å². The highest BCUT2D eigenvalue weighted by atomic mass is 32.2. The molecule has 0 amide bonds. The first-order chi connectivity index (χ1) is 7.27. The fourth-order valence-electron chi connectivity index (χ4n) is 1.15. The van der Waals surface area contributed by atoms with Crippen molar-refractivity contribution in [3.63, 3.8) is 0 Å². The summed E-state index contributed by atoms with van der Waals surface area (Å²) in [5, 5.41) is 4.17. The number of rotatable bonds is 3. The smallest absolute Gasteiger partial charge is 0.264 e. The average Bonchev–Trinajstić information content (AvgIpc) is 2.15. The lowest BCUT2D eigenvalue weighted by molar-refractivity contribution is 0.149. The maximum atomic E-state index is 12.6. The van der Waals surface area contributed by atoms with Crippen LogP contribution in [0.4, 0.5) is 8.78 Å². The Hall–Kier alpha value is -1.28. The van der Waals surface area contributed by atoms with Gasteiger partial charge in [0.15, 0.2) is 5.03 Å². The van der Waals surface area contributed by atoms with Gasteiger partial charge in [-0.05, 0) is 13.0 Å². The number of nitrogens with two attached hydrogens (primary N) is 1. The standard InChI is InChI=1S/C8H10F2N2O3S/c1-4-5(7(9)10)3-6(16(11,13)14)12-8(4)15-2/h3,7H,1-2H3,(H2,11,13,14). The van der Waals surface area contributed by atoms with Crippen molar-refractivity contribution in [2.45, 2.75) is 18.4 Å². The van der Waals surface area contributed by atoms with Crippen LogP contribution in [-0.2, 0) is 10.0 Å². The third kappa shape index (κ3) is 2.45. The van der Waals surface area contributed by atoms with Gasteiger partial charge in [0, 0.05) is 11.1 Å². The summed E-state index contributed by atoms with van der Waals surface area (Å²) in [5.41, 5.74) is -0.374. The molecule has 2 N–H and O–H groups in total. The van der Waals surface area contributed by atoms with Crippen LogP contribution in [0.3, 0.4) is 0 Å². The Morgan fingerprint density at radius 1 is 1.50 bits per heavy atom. The molecule has 0 fully saturated rings. The van der Waals surface area contributed by atoms with Gasteiger partial charge in [-0.15, -0.1) is 0 Å². The largest absolute Gasteiger partial charge is 0.481 e. The minimum Gasteiger partial charge on any atom is -0.481 e. The molecule has 8 heteroatoms. The number of nitrogens with zero attached hydrogens (tertiary/aromatic N) is 1. The number of halogens is 2. The molecule has 0 radical (unpaired) electrons. The Morgan fingerprint density at radius 2 is 2.06 bits per heavy atom. The van der Waals surface area contributed by atoms with Crippen molar-refractivity contribution in [1.29, 1.82) is 0 Å². The lowest BCUT2D eigenvalue weighted by Gasteiger charge is -2.10. The van der Waals surface area contributed by atoms with E-state index in [4.69, 9.17) is 9.88 Å². The summed E-state index contributed by atoms with van der Waals surface area (Å²) < 4.78 is 51.9. The van der Waals surface area contributed by atoms with Gasteiger partial charge in [-0.2, -0.15) is 0 Å². The maximum Gasteiger partial charge on any atom is 0.264 e. The van der Waals surface area contributed by atoms with E-state index in [1.807, 2.05) is 0 Å². The van der Waals surface area contributed by atoms with Gasteiger partial charge in [0.2, 0.25) is 5.88 Å². The number of pyridine rings is 1. The number of primary sulfonamides is 1. The van der Waals surface area contributed by atoms with Crippen LogP contribution in [-0.4, -0.2) is 20.5 Å². The zero-order valence-electron chi connectivity index (χ0n) is 8.57. The predicted octanol–water partition coefficient (Wildman–Crippen LogP) is 0.984. The third-order valence-electron chi connectivity index (χ3n) is 1.96. The zero-order chi connectivity index (χ0) is 12.5. The quantitative estimate of drug-likeness (QED) is 0.869. The first-order valence-corrected chi connectivity index (χ1v) is 5.68. The summed E-state index contributed by atoms with van der Waals surface area (Å²) in [6.07, 6.45) is -2.82. The van der Waals surface area contributed by atoms with Gasteiger partial charge in [-0.25, -0.2) is 27.3 Å². The molecule has 0 saturated carbocycles. The predicted molar refractivity (Wildman–Crippen MR) is 51.9 cm³/mol. The second kappa shape index (κ2) is 4.30. The minimum absolute atomic E-state index is 0.0879. The molecule has 16 heavy (non-hydrogen) atoms. The molecular weight excluding hydrogens is 242 g/mol. The number of methoxy groups -OCH3 is 1. The molecule has 1 aromatic rings. The number of hydrogen-bond acceptors (Lipinski definition) is 4. The average molecular weight is 252 g/mol. The van der Waals surface area contributed by atoms with E-state index < -0.39 is 27.0 Å². The SMILES string of the molecule is COc1nc(S(N)(=O)=O)cc(C(F)F)c1C. The molecule has 0 spiro atoms. The van der Waals surface area contributed by atoms with Gasteiger partial charge in [0.25, 0.3) is 16.4 Å². The second-order valence-corrected chi connectivity index (χ2v) is 4.54. The molecule has 0 atom stereocenters. The second-order valence-electron chi connectivity index (χ2n) is 3.03. The fourth-order valence-corrected chi connectivity index (χ4v) is 1.65. The molecule has 0 aromatic carbocycles. The van der Waals surface area contributed by atoms with Crippen LogP contribution < -0.4 is 9.88 Å². The van der Waals surface area contributed by atoms with Crippen LogP contribution in [0.2, 0.25) is 0 Å². The highest BCUT2D eigenvalue weighted by molar-refractivity contribution is 7.89. The summed E-state index contributed by atoms with van der Waals surface area (Å²) in [6, 6.07) is 0.748. The maximum absolute atomic E-state index is 12.6. The first kappa shape index (κ1) is 12.8. The molecule has 1 rings (SSSR count). The third-order valence-corrected chi connectivity index (χ3v) is 2.76. The molecule has 90 valence electrons. The zero-order valence-corrected chi connectivity index (χ0v) is 9.38. The van der Waals surface area contributed by atoms with Gasteiger partial charge < -0.3 is 4.74 Å². The van der Waals surface area contributed by atoms with Crippen molar-refractivity contribution < 1.29 is 21.9 Å². The summed E-state index contributed by atoms with van der Waals surface area (Å²) in [4.78, 5) is 3.54. The van der Waals surface area contributed by atoms with Crippen molar-refractivity contribution >= 4 is 10.0 Å². The first-order valence-electron chi connectivity index (χ1n) is 4.14. The van der Waals surface area contributed by atoms with Crippen LogP contribution in [0.1, 0.15) is 17.6 Å². The molecule has 0 aliphatic carbocycles. The topological polar surface area (TPSA) is 82.3 Å². The summed E-state index contributed by atoms with van der Waals surface area (Å²) in [5.74, 6) is -0.179. The molecule has 5 nitrogen and oxygen atoms in total. The lowest BCUT2D eigenvalue weighted by Crippen LogP contribution is -2.15. The van der Waals surface area contributed by atoms with Gasteiger partial charge in [-0.1, -0.05) is 0 Å². The molecule has 1 heterocycles. The summed E-state index contributed by atoms with van der Waals surface area (Å²) in [6.45, 7) is 1.36. The van der Waals surface area contributed by atoms with E-state index in [0.29, 0.717) is 0 Å². The molecule has 0 bridgehead atoms. The highest BCUT2D eigenvalue weighted by Crippen LogP contribution is 2.29. The van der Waals surface area contributed by atoms with Crippen LogP contribution in [0.5, 0.6) is 5.88 Å². The number of hydrogen-bond donors (Lipinski definition) is 1. The number of ether oxygens (including phenoxy) is 1. The number of alkyl halides is 2. The van der Waals surface area contributed by atoms with Crippen LogP contribution in [0.25, 0.3) is 0 Å². The molecule has 0 saturated heterocycles. The van der Waals surface area contributed by atoms with E-state index in [-0.39, 0.29) is 11.4 Å². The highest BCUT2D eigenvalue weighted by Gasteiger charge is 2.21. The van der Waals surface area contributed by atoms with Gasteiger partial charge in [0.1, 0.15) is 0 Å². The van der Waals surface area contributed by atoms with Crippen molar-refractivity contribution in [1.82, 2.24) is 4.98 Å². The Kier molecular flexibility index (Phi) is 3.44. The van der Waals surface area contributed by atoms with E-state index in [2.05, 4.69) is 4.98 Å². The molecule has 1 aromatic heterocycles. The fraction of sp³-hybridized carbons (Fsp3) is 0.375. The number of sulfonamides is 1. The molecular formula is C8H10F2N2O3S. The van der Waals surface area contributed by atoms with Crippen LogP contribution in [0, 0.1) is 6.92 Å². The van der Waals surface area contributed by atoms with Gasteiger partial charge in [0.05, 0.1) is 7.11 Å². The van der Waals surface area contributed by atoms with E-state index in [1.54, 1.807) is 0 Å². The van der Waals surface area contributed by atoms with Crippen LogP contribution in [0.15, 0.2) is 11.1 Å². The van der Waals surface area contributed by atoms with Crippen molar-refractivity contribution in [3.05, 3.63) is 17.2 Å². The Bertz CT molecular complexity index is 502. The van der Waals surface area contributed by atoms with E-state index >= 15 is 0 Å². The van der Waals surface area contributed by atoms with E-state index in [1.165, 1.54) is 14.0 Å².